The van der Waals surface area contributed by atoms with E-state index in [1.807, 2.05) is 10.3 Å². The van der Waals surface area contributed by atoms with Gasteiger partial charge in [0.05, 0.1) is 11.4 Å². The predicted molar refractivity (Wildman–Crippen MR) is 101 cm³/mol. The Morgan fingerprint density at radius 3 is 2.36 bits per heavy atom. The van der Waals surface area contributed by atoms with E-state index in [4.69, 9.17) is 5.73 Å². The molecule has 3 amide bonds. The minimum absolute atomic E-state index is 0.0885. The maximum absolute atomic E-state index is 12.5. The van der Waals surface area contributed by atoms with Gasteiger partial charge in [-0.25, -0.2) is 14.6 Å². The van der Waals surface area contributed by atoms with Crippen LogP contribution in [-0.4, -0.2) is 32.7 Å². The van der Waals surface area contributed by atoms with E-state index in [0.29, 0.717) is 11.1 Å². The number of aromatic hydroxyl groups is 1. The van der Waals surface area contributed by atoms with Crippen LogP contribution in [0.5, 0.6) is 5.88 Å². The Balaban J connectivity index is 2.33. The number of H-pyrrole nitrogens is 2. The summed E-state index contributed by atoms with van der Waals surface area (Å²) in [7, 11) is 0. The summed E-state index contributed by atoms with van der Waals surface area (Å²) in [6.45, 7) is 3.48. The van der Waals surface area contributed by atoms with E-state index in [1.165, 1.54) is 0 Å². The number of hydrogen-bond donors (Lipinski definition) is 5. The molecule has 0 aliphatic carbocycles. The van der Waals surface area contributed by atoms with Crippen molar-refractivity contribution in [1.29, 1.82) is 0 Å². The van der Waals surface area contributed by atoms with Crippen LogP contribution in [0.4, 0.5) is 4.79 Å². The van der Waals surface area contributed by atoms with E-state index in [-0.39, 0.29) is 28.5 Å². The van der Waals surface area contributed by atoms with Crippen LogP contribution in [0.1, 0.15) is 30.5 Å². The molecule has 6 N–H and O–H groups in total. The van der Waals surface area contributed by atoms with E-state index >= 15 is 0 Å². The number of aliphatic imine (C=N–C) groups is 1. The highest BCUT2D eigenvalue weighted by Crippen LogP contribution is 2.36. The number of nitrogens with two attached hydrogens (primary N) is 1. The molecule has 0 bridgehead atoms. The molecule has 0 fully saturated rings. The lowest BCUT2D eigenvalue weighted by molar-refractivity contribution is -0.116. The number of carbonyl (C=O) groups excluding carboxylic acids is 2. The van der Waals surface area contributed by atoms with Crippen LogP contribution in [0.2, 0.25) is 0 Å². The number of nitrogens with one attached hydrogen (secondary N) is 3. The van der Waals surface area contributed by atoms with Gasteiger partial charge >= 0.3 is 11.7 Å². The number of rotatable bonds is 3. The van der Waals surface area contributed by atoms with Crippen LogP contribution >= 0.6 is 0 Å². The van der Waals surface area contributed by atoms with E-state index in [9.17, 15) is 24.3 Å². The molecule has 0 unspecified atom stereocenters. The number of aromatic amines is 2. The third-order valence-corrected chi connectivity index (χ3v) is 4.13. The number of hydrogen-bond acceptors (Lipinski definition) is 6. The number of urea groups is 1. The molecule has 0 spiro atoms. The summed E-state index contributed by atoms with van der Waals surface area (Å²) in [6.07, 6.45) is 0. The number of primary amides is 1. The second-order valence-electron chi connectivity index (χ2n) is 6.37. The van der Waals surface area contributed by atoms with Crippen LogP contribution in [-0.2, 0) is 4.79 Å². The van der Waals surface area contributed by atoms with Gasteiger partial charge < -0.3 is 10.8 Å². The Kier molecular flexibility index (Phi) is 4.70. The van der Waals surface area contributed by atoms with Crippen molar-refractivity contribution < 1.29 is 14.7 Å². The fourth-order valence-electron chi connectivity index (χ4n) is 3.04. The Hall–Kier alpha value is -3.95. The number of fused-ring (bicyclic) bond motifs is 1. The molecule has 3 rings (SSSR count). The molecular weight excluding hydrogens is 366 g/mol. The Morgan fingerprint density at radius 1 is 1.14 bits per heavy atom. The number of imide groups is 1. The van der Waals surface area contributed by atoms with Crippen molar-refractivity contribution in [3.05, 3.63) is 67.4 Å². The molecule has 0 saturated heterocycles. The quantitative estimate of drug-likeness (QED) is 0.475. The minimum Gasteiger partial charge on any atom is -0.494 e. The van der Waals surface area contributed by atoms with Crippen LogP contribution in [0.15, 0.2) is 44.4 Å². The first-order valence-corrected chi connectivity index (χ1v) is 8.30. The molecule has 1 aliphatic heterocycles. The summed E-state index contributed by atoms with van der Waals surface area (Å²) in [5, 5.41) is 12.1. The lowest BCUT2D eigenvalue weighted by Gasteiger charge is -2.13. The molecule has 10 nitrogen and oxygen atoms in total. The number of nitrogens with zero attached hydrogens (tertiary/aromatic N) is 1. The molecular formula is C18H17N5O5. The molecule has 1 aromatic heterocycles. The van der Waals surface area contributed by atoms with Crippen molar-refractivity contribution in [3.8, 4) is 5.88 Å². The second kappa shape index (κ2) is 6.99. The topological polar surface area (TPSA) is 170 Å². The zero-order valence-electron chi connectivity index (χ0n) is 15.0. The maximum Gasteiger partial charge on any atom is 0.328 e. The zero-order chi connectivity index (χ0) is 20.6. The van der Waals surface area contributed by atoms with Crippen LogP contribution < -0.4 is 22.3 Å². The smallest absolute Gasteiger partial charge is 0.328 e. The summed E-state index contributed by atoms with van der Waals surface area (Å²) in [6, 6.07) is 5.77. The third kappa shape index (κ3) is 3.22. The standard InChI is InChI=1S/C18H17N5O5/c1-7(2)10(14(24)21-17(19)27)12-8-5-3-4-6-9(8)13(20-12)11-15(25)22-18(28)23-16(11)26/h3-7H,1-2H3,(H3,19,21,24,27)(H3,22,23,25,26,28)/b12-10-. The molecule has 2 heterocycles. The maximum atomic E-state index is 12.5. The molecule has 0 radical (unpaired) electrons. The fraction of sp³-hybridized carbons (Fsp3) is 0.167. The van der Waals surface area contributed by atoms with Gasteiger partial charge in [0.25, 0.3) is 11.5 Å². The average Bonchev–Trinajstić information content (AvgIpc) is 2.92. The highest BCUT2D eigenvalue weighted by Gasteiger charge is 2.31. The van der Waals surface area contributed by atoms with E-state index < -0.39 is 29.1 Å². The van der Waals surface area contributed by atoms with Crippen molar-refractivity contribution in [2.45, 2.75) is 13.8 Å². The van der Waals surface area contributed by atoms with Crippen molar-refractivity contribution in [2.75, 3.05) is 0 Å². The molecule has 0 saturated carbocycles. The van der Waals surface area contributed by atoms with Gasteiger partial charge in [-0.1, -0.05) is 38.1 Å². The number of aromatic nitrogens is 2. The first-order chi connectivity index (χ1) is 13.2. The van der Waals surface area contributed by atoms with Crippen molar-refractivity contribution in [2.24, 2.45) is 16.6 Å². The van der Waals surface area contributed by atoms with Crippen LogP contribution in [0.3, 0.4) is 0 Å². The first-order valence-electron chi connectivity index (χ1n) is 8.30. The SMILES string of the molecule is CC(C)/C(C(=O)NC(N)=O)=C1/N=C(c2c(O)[nH]c(=O)[nH]c2=O)c2ccccc21. The summed E-state index contributed by atoms with van der Waals surface area (Å²) in [5.74, 6) is -1.69. The Bertz CT molecular complexity index is 1170. The van der Waals surface area contributed by atoms with Gasteiger partial charge in [-0.05, 0) is 5.92 Å². The summed E-state index contributed by atoms with van der Waals surface area (Å²) < 4.78 is 0. The molecule has 1 aromatic carbocycles. The molecule has 1 aliphatic rings. The number of carbonyl (C=O) groups is 2. The minimum atomic E-state index is -1.01. The Labute approximate surface area is 157 Å². The second-order valence-corrected chi connectivity index (χ2v) is 6.37. The first kappa shape index (κ1) is 18.8. The van der Waals surface area contributed by atoms with E-state index in [1.54, 1.807) is 38.1 Å². The van der Waals surface area contributed by atoms with Crippen molar-refractivity contribution in [3.63, 3.8) is 0 Å². The number of amides is 3. The van der Waals surface area contributed by atoms with E-state index in [0.717, 1.165) is 0 Å². The fourth-order valence-corrected chi connectivity index (χ4v) is 3.04. The van der Waals surface area contributed by atoms with Crippen molar-refractivity contribution in [1.82, 2.24) is 15.3 Å². The third-order valence-electron chi connectivity index (χ3n) is 4.13. The van der Waals surface area contributed by atoms with Crippen LogP contribution in [0, 0.1) is 5.92 Å². The summed E-state index contributed by atoms with van der Waals surface area (Å²) >= 11 is 0. The van der Waals surface area contributed by atoms with Gasteiger partial charge in [0.15, 0.2) is 0 Å². The predicted octanol–water partition coefficient (Wildman–Crippen LogP) is 0.182. The molecule has 10 heteroatoms. The van der Waals surface area contributed by atoms with Crippen LogP contribution in [0.25, 0.3) is 5.70 Å². The van der Waals surface area contributed by atoms with Gasteiger partial charge in [-0.15, -0.1) is 0 Å². The molecule has 28 heavy (non-hydrogen) atoms. The molecule has 2 aromatic rings. The van der Waals surface area contributed by atoms with Gasteiger partial charge in [-0.2, -0.15) is 0 Å². The lowest BCUT2D eigenvalue weighted by Crippen LogP contribution is -2.37. The summed E-state index contributed by atoms with van der Waals surface area (Å²) in [5.41, 5.74) is 4.65. The monoisotopic (exact) mass is 383 g/mol. The van der Waals surface area contributed by atoms with E-state index in [2.05, 4.69) is 9.98 Å². The molecule has 0 atom stereocenters. The highest BCUT2D eigenvalue weighted by atomic mass is 16.3. The Morgan fingerprint density at radius 2 is 1.79 bits per heavy atom. The normalized spacial score (nSPS) is 14.5. The molecule has 144 valence electrons. The lowest BCUT2D eigenvalue weighted by atomic mass is 9.94. The average molecular weight is 383 g/mol. The summed E-state index contributed by atoms with van der Waals surface area (Å²) in [4.78, 5) is 55.8. The zero-order valence-corrected chi connectivity index (χ0v) is 15.0. The van der Waals surface area contributed by atoms with Gasteiger partial charge in [-0.3, -0.25) is 24.9 Å². The van der Waals surface area contributed by atoms with Gasteiger partial charge in [0, 0.05) is 16.7 Å². The van der Waals surface area contributed by atoms with Crippen molar-refractivity contribution >= 4 is 23.3 Å². The van der Waals surface area contributed by atoms with Gasteiger partial charge in [0.1, 0.15) is 5.56 Å². The van der Waals surface area contributed by atoms with Gasteiger partial charge in [0.2, 0.25) is 5.88 Å². The largest absolute Gasteiger partial charge is 0.494 e. The highest BCUT2D eigenvalue weighted by molar-refractivity contribution is 6.23. The number of benzene rings is 1.